The normalized spacial score (nSPS) is 18.4. The third-order valence-electron chi connectivity index (χ3n) is 3.48. The first-order valence-corrected chi connectivity index (χ1v) is 6.17. The maximum absolute atomic E-state index is 11.3. The van der Waals surface area contributed by atoms with Crippen molar-refractivity contribution in [3.05, 3.63) is 47.5 Å². The van der Waals surface area contributed by atoms with Gasteiger partial charge in [0.05, 0.1) is 12.6 Å². The number of hydrogen-bond donors (Lipinski definition) is 1. The first-order valence-electron chi connectivity index (χ1n) is 6.17. The highest BCUT2D eigenvalue weighted by Gasteiger charge is 2.22. The molecule has 4 heteroatoms. The number of ether oxygens (including phenoxy) is 1. The van der Waals surface area contributed by atoms with Crippen LogP contribution >= 0.6 is 12.4 Å². The molecule has 1 saturated heterocycles. The predicted octanol–water partition coefficient (Wildman–Crippen LogP) is 3.74. The van der Waals surface area contributed by atoms with Crippen LogP contribution in [0.4, 0.5) is 4.79 Å². The zero-order valence-electron chi connectivity index (χ0n) is 10.7. The summed E-state index contributed by atoms with van der Waals surface area (Å²) in [6.45, 7) is 2.59. The summed E-state index contributed by atoms with van der Waals surface area (Å²) in [6, 6.07) is 12.6. The van der Waals surface area contributed by atoms with E-state index < -0.39 is 0 Å². The van der Waals surface area contributed by atoms with Gasteiger partial charge in [-0.2, -0.15) is 0 Å². The van der Waals surface area contributed by atoms with E-state index in [2.05, 4.69) is 36.5 Å². The summed E-state index contributed by atoms with van der Waals surface area (Å²) >= 11 is 0. The van der Waals surface area contributed by atoms with Crippen LogP contribution in [0.3, 0.4) is 0 Å². The van der Waals surface area contributed by atoms with Crippen LogP contribution in [0.5, 0.6) is 0 Å². The summed E-state index contributed by atoms with van der Waals surface area (Å²) in [5.41, 5.74) is 2.43. The lowest BCUT2D eigenvalue weighted by atomic mass is 9.94. The highest BCUT2D eigenvalue weighted by atomic mass is 35.5. The minimum atomic E-state index is -0.323. The molecule has 0 unspecified atom stereocenters. The molecule has 1 heterocycles. The Bertz CT molecular complexity index is 612. The van der Waals surface area contributed by atoms with Crippen molar-refractivity contribution in [1.82, 2.24) is 5.32 Å². The summed E-state index contributed by atoms with van der Waals surface area (Å²) in [5, 5.41) is 5.34. The van der Waals surface area contributed by atoms with Gasteiger partial charge in [-0.3, -0.25) is 0 Å². The Kier molecular flexibility index (Phi) is 3.96. The highest BCUT2D eigenvalue weighted by molar-refractivity contribution is 5.89. The van der Waals surface area contributed by atoms with Gasteiger partial charge in [-0.1, -0.05) is 36.4 Å². The van der Waals surface area contributed by atoms with Gasteiger partial charge in [0.2, 0.25) is 0 Å². The van der Waals surface area contributed by atoms with E-state index in [0.717, 1.165) is 6.42 Å². The molecule has 0 aliphatic carbocycles. The molecule has 1 amide bonds. The van der Waals surface area contributed by atoms with Crippen molar-refractivity contribution in [2.24, 2.45) is 0 Å². The minimum Gasteiger partial charge on any atom is -0.449 e. The summed E-state index contributed by atoms with van der Waals surface area (Å²) in [7, 11) is 0. The highest BCUT2D eigenvalue weighted by Crippen LogP contribution is 2.29. The lowest BCUT2D eigenvalue weighted by Crippen LogP contribution is -2.35. The van der Waals surface area contributed by atoms with Gasteiger partial charge in [0, 0.05) is 6.42 Å². The second-order valence-electron chi connectivity index (χ2n) is 4.64. The van der Waals surface area contributed by atoms with Gasteiger partial charge in [0.1, 0.15) is 0 Å². The average Bonchev–Trinajstić information content (AvgIpc) is 2.39. The van der Waals surface area contributed by atoms with Gasteiger partial charge < -0.3 is 10.1 Å². The molecular weight excluding hydrogens is 262 g/mol. The number of carbonyl (C=O) groups excluding carboxylic acids is 1. The Morgan fingerprint density at radius 2 is 1.89 bits per heavy atom. The Hall–Kier alpha value is -1.74. The van der Waals surface area contributed by atoms with Crippen molar-refractivity contribution in [2.75, 3.05) is 6.61 Å². The third-order valence-corrected chi connectivity index (χ3v) is 3.48. The van der Waals surface area contributed by atoms with E-state index in [9.17, 15) is 4.79 Å². The fraction of sp³-hybridized carbons (Fsp3) is 0.267. The molecule has 2 aromatic rings. The molecule has 0 saturated carbocycles. The lowest BCUT2D eigenvalue weighted by Gasteiger charge is -2.25. The monoisotopic (exact) mass is 277 g/mol. The predicted molar refractivity (Wildman–Crippen MR) is 77.8 cm³/mol. The molecule has 19 heavy (non-hydrogen) atoms. The van der Waals surface area contributed by atoms with Crippen molar-refractivity contribution in [3.63, 3.8) is 0 Å². The maximum Gasteiger partial charge on any atom is 0.407 e. The quantitative estimate of drug-likeness (QED) is 0.862. The van der Waals surface area contributed by atoms with Gasteiger partial charge in [0.15, 0.2) is 0 Å². The number of fused-ring (bicyclic) bond motifs is 1. The lowest BCUT2D eigenvalue weighted by molar-refractivity contribution is 0.116. The van der Waals surface area contributed by atoms with Crippen molar-refractivity contribution in [1.29, 1.82) is 0 Å². The SMILES string of the molecule is Cc1ccc([C@H]2CCOC(=O)N2)c2ccccc12.Cl. The number of nitrogens with one attached hydrogen (secondary N) is 1. The molecule has 0 spiro atoms. The molecule has 1 fully saturated rings. The number of rotatable bonds is 1. The van der Waals surface area contributed by atoms with Gasteiger partial charge in [-0.15, -0.1) is 12.4 Å². The van der Waals surface area contributed by atoms with Crippen LogP contribution < -0.4 is 5.32 Å². The number of aryl methyl sites for hydroxylation is 1. The Balaban J connectivity index is 0.00000133. The van der Waals surface area contributed by atoms with E-state index >= 15 is 0 Å². The minimum absolute atomic E-state index is 0. The molecule has 1 atom stereocenters. The van der Waals surface area contributed by atoms with Crippen molar-refractivity contribution in [3.8, 4) is 0 Å². The van der Waals surface area contributed by atoms with Gasteiger partial charge in [-0.25, -0.2) is 4.79 Å². The number of benzene rings is 2. The largest absolute Gasteiger partial charge is 0.449 e. The Morgan fingerprint density at radius 3 is 2.63 bits per heavy atom. The molecule has 0 radical (unpaired) electrons. The standard InChI is InChI=1S/C15H15NO2.ClH/c1-10-6-7-13(12-5-3-2-4-11(10)12)14-8-9-18-15(17)16-14;/h2-7,14H,8-9H2,1H3,(H,16,17);1H/t14-;/m1./s1. The first-order chi connectivity index (χ1) is 8.75. The molecule has 1 N–H and O–H groups in total. The zero-order valence-corrected chi connectivity index (χ0v) is 11.5. The van der Waals surface area contributed by atoms with E-state index in [1.807, 2.05) is 12.1 Å². The fourth-order valence-corrected chi connectivity index (χ4v) is 2.54. The maximum atomic E-state index is 11.3. The van der Waals surface area contributed by atoms with Crippen LogP contribution in [0, 0.1) is 6.92 Å². The molecule has 0 aromatic heterocycles. The van der Waals surface area contributed by atoms with Gasteiger partial charge in [-0.05, 0) is 28.8 Å². The van der Waals surface area contributed by atoms with E-state index in [4.69, 9.17) is 4.74 Å². The number of carbonyl (C=O) groups is 1. The van der Waals surface area contributed by atoms with Gasteiger partial charge >= 0.3 is 6.09 Å². The fourth-order valence-electron chi connectivity index (χ4n) is 2.54. The van der Waals surface area contributed by atoms with E-state index in [-0.39, 0.29) is 24.5 Å². The van der Waals surface area contributed by atoms with Crippen LogP contribution in [0.1, 0.15) is 23.6 Å². The van der Waals surface area contributed by atoms with E-state index in [1.165, 1.54) is 21.9 Å². The molecule has 1 aliphatic rings. The number of amides is 1. The van der Waals surface area contributed by atoms with Crippen LogP contribution in [-0.4, -0.2) is 12.7 Å². The number of alkyl carbamates (subject to hydrolysis) is 1. The van der Waals surface area contributed by atoms with Crippen molar-refractivity contribution in [2.45, 2.75) is 19.4 Å². The Labute approximate surface area is 118 Å². The van der Waals surface area contributed by atoms with Crippen LogP contribution in [0.2, 0.25) is 0 Å². The summed E-state index contributed by atoms with van der Waals surface area (Å²) in [4.78, 5) is 11.3. The smallest absolute Gasteiger partial charge is 0.407 e. The van der Waals surface area contributed by atoms with Crippen molar-refractivity contribution < 1.29 is 9.53 Å². The number of cyclic esters (lactones) is 1. The molecule has 100 valence electrons. The molecule has 1 aliphatic heterocycles. The number of halogens is 1. The summed E-state index contributed by atoms with van der Waals surface area (Å²) in [6.07, 6.45) is 0.495. The Morgan fingerprint density at radius 1 is 1.16 bits per heavy atom. The van der Waals surface area contributed by atoms with E-state index in [1.54, 1.807) is 0 Å². The number of hydrogen-bond acceptors (Lipinski definition) is 2. The molecule has 3 rings (SSSR count). The summed E-state index contributed by atoms with van der Waals surface area (Å²) < 4.78 is 4.92. The second kappa shape index (κ2) is 5.49. The molecule has 0 bridgehead atoms. The van der Waals surface area contributed by atoms with Crippen molar-refractivity contribution >= 4 is 29.3 Å². The van der Waals surface area contributed by atoms with Crippen LogP contribution in [0.25, 0.3) is 10.8 Å². The van der Waals surface area contributed by atoms with E-state index in [0.29, 0.717) is 6.61 Å². The van der Waals surface area contributed by atoms with Crippen LogP contribution in [-0.2, 0) is 4.74 Å². The topological polar surface area (TPSA) is 38.3 Å². The third kappa shape index (κ3) is 2.51. The van der Waals surface area contributed by atoms with Crippen LogP contribution in [0.15, 0.2) is 36.4 Å². The second-order valence-corrected chi connectivity index (χ2v) is 4.64. The average molecular weight is 278 g/mol. The van der Waals surface area contributed by atoms with Gasteiger partial charge in [0.25, 0.3) is 0 Å². The first kappa shape index (κ1) is 13.7. The molecule has 3 nitrogen and oxygen atoms in total. The zero-order chi connectivity index (χ0) is 12.5. The molecule has 2 aromatic carbocycles. The molecular formula is C15H16ClNO2. The summed E-state index contributed by atoms with van der Waals surface area (Å²) in [5.74, 6) is 0.